The average molecular weight is 295 g/mol. The second-order valence-electron chi connectivity index (χ2n) is 5.25. The summed E-state index contributed by atoms with van der Waals surface area (Å²) in [4.78, 5) is 0. The van der Waals surface area contributed by atoms with Gasteiger partial charge in [-0.05, 0) is 18.9 Å². The van der Waals surface area contributed by atoms with Crippen LogP contribution in [0.25, 0.3) is 0 Å². The van der Waals surface area contributed by atoms with Crippen LogP contribution in [0.2, 0.25) is 0 Å². The predicted molar refractivity (Wildman–Crippen MR) is 86.6 cm³/mol. The fourth-order valence-electron chi connectivity index (χ4n) is 2.77. The van der Waals surface area contributed by atoms with E-state index in [1.54, 1.807) is 21.3 Å². The Hall–Kier alpha value is -1.42. The van der Waals surface area contributed by atoms with Crippen LogP contribution in [0.15, 0.2) is 12.1 Å². The molecule has 0 saturated carbocycles. The van der Waals surface area contributed by atoms with E-state index in [1.807, 2.05) is 12.1 Å². The van der Waals surface area contributed by atoms with Gasteiger partial charge >= 0.3 is 0 Å². The summed E-state index contributed by atoms with van der Waals surface area (Å²) >= 11 is 0. The van der Waals surface area contributed by atoms with Gasteiger partial charge in [0.1, 0.15) is 17.2 Å². The van der Waals surface area contributed by atoms with Gasteiger partial charge in [0.15, 0.2) is 0 Å². The van der Waals surface area contributed by atoms with Gasteiger partial charge in [0, 0.05) is 18.2 Å². The topological polar surface area (TPSA) is 39.7 Å². The van der Waals surface area contributed by atoms with E-state index in [9.17, 15) is 0 Å². The molecule has 1 N–H and O–H groups in total. The van der Waals surface area contributed by atoms with E-state index in [0.717, 1.165) is 42.2 Å². The fraction of sp³-hybridized carbons (Fsp3) is 0.647. The van der Waals surface area contributed by atoms with E-state index >= 15 is 0 Å². The molecule has 0 aliphatic carbocycles. The smallest absolute Gasteiger partial charge is 0.131 e. The lowest BCUT2D eigenvalue weighted by molar-refractivity contribution is 0.322. The molecule has 2 atom stereocenters. The van der Waals surface area contributed by atoms with Crippen LogP contribution in [-0.2, 0) is 0 Å². The van der Waals surface area contributed by atoms with Gasteiger partial charge in [-0.3, -0.25) is 0 Å². The highest BCUT2D eigenvalue weighted by molar-refractivity contribution is 5.52. The van der Waals surface area contributed by atoms with Crippen molar-refractivity contribution in [1.29, 1.82) is 0 Å². The van der Waals surface area contributed by atoms with Gasteiger partial charge in [0.2, 0.25) is 0 Å². The quantitative estimate of drug-likeness (QED) is 0.752. The Morgan fingerprint density at radius 3 is 1.95 bits per heavy atom. The van der Waals surface area contributed by atoms with E-state index in [-0.39, 0.29) is 6.04 Å². The maximum absolute atomic E-state index is 5.59. The first-order valence-corrected chi connectivity index (χ1v) is 7.66. The van der Waals surface area contributed by atoms with Crippen molar-refractivity contribution >= 4 is 0 Å². The monoisotopic (exact) mass is 295 g/mol. The molecule has 4 nitrogen and oxygen atoms in total. The van der Waals surface area contributed by atoms with Crippen molar-refractivity contribution in [3.8, 4) is 17.2 Å². The van der Waals surface area contributed by atoms with Crippen LogP contribution in [0.1, 0.15) is 45.2 Å². The molecule has 0 amide bonds. The first kappa shape index (κ1) is 17.6. The highest BCUT2D eigenvalue weighted by Gasteiger charge is 2.26. The van der Waals surface area contributed by atoms with Crippen molar-refractivity contribution in [2.45, 2.75) is 39.7 Å². The molecule has 0 aliphatic rings. The number of hydrogen-bond acceptors (Lipinski definition) is 4. The summed E-state index contributed by atoms with van der Waals surface area (Å²) in [5.74, 6) is 2.84. The maximum atomic E-state index is 5.59. The molecule has 120 valence electrons. The minimum atomic E-state index is 0.200. The van der Waals surface area contributed by atoms with Gasteiger partial charge in [-0.1, -0.05) is 27.2 Å². The van der Waals surface area contributed by atoms with E-state index in [2.05, 4.69) is 26.1 Å². The van der Waals surface area contributed by atoms with Crippen molar-refractivity contribution in [2.75, 3.05) is 27.9 Å². The van der Waals surface area contributed by atoms with Crippen LogP contribution < -0.4 is 19.5 Å². The molecular weight excluding hydrogens is 266 g/mol. The Morgan fingerprint density at radius 1 is 1.00 bits per heavy atom. The molecule has 0 bridgehead atoms. The number of benzene rings is 1. The van der Waals surface area contributed by atoms with Crippen LogP contribution in [0.4, 0.5) is 0 Å². The molecule has 1 aromatic rings. The molecular formula is C17H29NO3. The molecule has 0 saturated heterocycles. The number of methoxy groups -OCH3 is 3. The third kappa shape index (κ3) is 4.27. The number of ether oxygens (including phenoxy) is 3. The highest BCUT2D eigenvalue weighted by Crippen LogP contribution is 2.41. The highest BCUT2D eigenvalue weighted by atomic mass is 16.5. The van der Waals surface area contributed by atoms with E-state index < -0.39 is 0 Å². The standard InChI is InChI=1S/C17H29NO3/c1-7-9-12(3)17(18-8-2)16-14(20-5)10-13(19-4)11-15(16)21-6/h10-12,17-18H,7-9H2,1-6H3. The third-order valence-corrected chi connectivity index (χ3v) is 3.80. The van der Waals surface area contributed by atoms with Gasteiger partial charge in [0.05, 0.1) is 26.9 Å². The zero-order chi connectivity index (χ0) is 15.8. The summed E-state index contributed by atoms with van der Waals surface area (Å²) < 4.78 is 16.5. The van der Waals surface area contributed by atoms with Crippen molar-refractivity contribution < 1.29 is 14.2 Å². The Labute approximate surface area is 128 Å². The molecule has 1 aromatic carbocycles. The lowest BCUT2D eigenvalue weighted by Crippen LogP contribution is -2.27. The van der Waals surface area contributed by atoms with Gasteiger partial charge < -0.3 is 19.5 Å². The largest absolute Gasteiger partial charge is 0.496 e. The number of rotatable bonds is 9. The maximum Gasteiger partial charge on any atom is 0.131 e. The van der Waals surface area contributed by atoms with Crippen LogP contribution in [-0.4, -0.2) is 27.9 Å². The number of hydrogen-bond donors (Lipinski definition) is 1. The predicted octanol–water partition coefficient (Wildman–Crippen LogP) is 3.80. The molecule has 0 fully saturated rings. The molecule has 0 aromatic heterocycles. The summed E-state index contributed by atoms with van der Waals surface area (Å²) in [6, 6.07) is 4.03. The summed E-state index contributed by atoms with van der Waals surface area (Å²) in [5, 5.41) is 3.57. The molecule has 4 heteroatoms. The fourth-order valence-corrected chi connectivity index (χ4v) is 2.77. The Balaban J connectivity index is 3.33. The molecule has 1 rings (SSSR count). The minimum absolute atomic E-state index is 0.200. The van der Waals surface area contributed by atoms with Crippen LogP contribution in [0.5, 0.6) is 17.2 Å². The second kappa shape index (κ2) is 8.78. The first-order valence-electron chi connectivity index (χ1n) is 7.66. The molecule has 2 unspecified atom stereocenters. The lowest BCUT2D eigenvalue weighted by atomic mass is 9.89. The normalized spacial score (nSPS) is 13.6. The van der Waals surface area contributed by atoms with Gasteiger partial charge in [-0.15, -0.1) is 0 Å². The van der Waals surface area contributed by atoms with Crippen LogP contribution in [0, 0.1) is 5.92 Å². The minimum Gasteiger partial charge on any atom is -0.496 e. The summed E-state index contributed by atoms with van der Waals surface area (Å²) in [7, 11) is 5.02. The summed E-state index contributed by atoms with van der Waals surface area (Å²) in [6.45, 7) is 7.49. The zero-order valence-corrected chi connectivity index (χ0v) is 14.2. The van der Waals surface area contributed by atoms with E-state index in [0.29, 0.717) is 5.92 Å². The summed E-state index contributed by atoms with van der Waals surface area (Å²) in [5.41, 5.74) is 1.07. The Morgan fingerprint density at radius 2 is 1.57 bits per heavy atom. The molecule has 21 heavy (non-hydrogen) atoms. The zero-order valence-electron chi connectivity index (χ0n) is 14.2. The van der Waals surface area contributed by atoms with Gasteiger partial charge in [0.25, 0.3) is 0 Å². The van der Waals surface area contributed by atoms with Crippen molar-refractivity contribution in [3.05, 3.63) is 17.7 Å². The van der Waals surface area contributed by atoms with Gasteiger partial charge in [-0.2, -0.15) is 0 Å². The average Bonchev–Trinajstić information content (AvgIpc) is 2.51. The molecule has 0 radical (unpaired) electrons. The lowest BCUT2D eigenvalue weighted by Gasteiger charge is -2.28. The number of nitrogens with one attached hydrogen (secondary N) is 1. The van der Waals surface area contributed by atoms with Gasteiger partial charge in [-0.25, -0.2) is 0 Å². The van der Waals surface area contributed by atoms with Crippen molar-refractivity contribution in [2.24, 2.45) is 5.92 Å². The Bertz CT molecular complexity index is 409. The van der Waals surface area contributed by atoms with Crippen LogP contribution >= 0.6 is 0 Å². The molecule has 0 spiro atoms. The summed E-state index contributed by atoms with van der Waals surface area (Å²) in [6.07, 6.45) is 2.31. The first-order chi connectivity index (χ1) is 10.1. The van der Waals surface area contributed by atoms with Crippen molar-refractivity contribution in [1.82, 2.24) is 5.32 Å². The van der Waals surface area contributed by atoms with Crippen LogP contribution in [0.3, 0.4) is 0 Å². The van der Waals surface area contributed by atoms with Crippen molar-refractivity contribution in [3.63, 3.8) is 0 Å². The Kier molecular flexibility index (Phi) is 7.37. The third-order valence-electron chi connectivity index (χ3n) is 3.80. The second-order valence-corrected chi connectivity index (χ2v) is 5.25. The molecule has 0 aliphatic heterocycles. The van der Waals surface area contributed by atoms with E-state index in [1.165, 1.54) is 0 Å². The molecule has 0 heterocycles. The SMILES string of the molecule is CCCC(C)C(NCC)c1c(OC)cc(OC)cc1OC. The van der Waals surface area contributed by atoms with E-state index in [4.69, 9.17) is 14.2 Å².